The highest BCUT2D eigenvalue weighted by molar-refractivity contribution is 5.77. The van der Waals surface area contributed by atoms with E-state index >= 15 is 0 Å². The van der Waals surface area contributed by atoms with Crippen LogP contribution < -0.4 is 0 Å². The lowest BCUT2D eigenvalue weighted by molar-refractivity contribution is -0.147. The minimum absolute atomic E-state index is 0.126. The number of methoxy groups -OCH3 is 3. The molecular formula is C24H35NO5. The summed E-state index contributed by atoms with van der Waals surface area (Å²) in [5.74, 6) is -0.590. The second-order valence-corrected chi connectivity index (χ2v) is 7.37. The van der Waals surface area contributed by atoms with Crippen LogP contribution in [0.2, 0.25) is 0 Å². The zero-order valence-corrected chi connectivity index (χ0v) is 19.0. The lowest BCUT2D eigenvalue weighted by Crippen LogP contribution is -2.62. The van der Waals surface area contributed by atoms with E-state index in [-0.39, 0.29) is 5.92 Å². The van der Waals surface area contributed by atoms with Crippen molar-refractivity contribution in [2.45, 2.75) is 45.1 Å². The minimum Gasteiger partial charge on any atom is -0.495 e. The fourth-order valence-electron chi connectivity index (χ4n) is 4.96. The third kappa shape index (κ3) is 3.93. The van der Waals surface area contributed by atoms with Crippen molar-refractivity contribution >= 4 is 5.97 Å². The van der Waals surface area contributed by atoms with Crippen LogP contribution >= 0.6 is 0 Å². The summed E-state index contributed by atoms with van der Waals surface area (Å²) in [6, 6.07) is 10.1. The molecule has 1 aliphatic carbocycles. The van der Waals surface area contributed by atoms with Gasteiger partial charge in [-0.25, -0.2) is 0 Å². The molecule has 1 aromatic carbocycles. The fourth-order valence-corrected chi connectivity index (χ4v) is 4.96. The van der Waals surface area contributed by atoms with Crippen LogP contribution in [0.15, 0.2) is 53.7 Å². The summed E-state index contributed by atoms with van der Waals surface area (Å²) < 4.78 is 17.2. The molecule has 0 fully saturated rings. The van der Waals surface area contributed by atoms with Crippen molar-refractivity contribution in [2.75, 3.05) is 34.4 Å². The van der Waals surface area contributed by atoms with Gasteiger partial charge in [-0.15, -0.1) is 0 Å². The number of rotatable bonds is 11. The highest BCUT2D eigenvalue weighted by atomic mass is 16.5. The van der Waals surface area contributed by atoms with Gasteiger partial charge in [0.15, 0.2) is 11.5 Å². The first-order chi connectivity index (χ1) is 14.5. The van der Waals surface area contributed by atoms with E-state index in [9.17, 15) is 9.90 Å². The highest BCUT2D eigenvalue weighted by Gasteiger charge is 2.59. The van der Waals surface area contributed by atoms with Gasteiger partial charge in [0.2, 0.25) is 5.76 Å². The summed E-state index contributed by atoms with van der Waals surface area (Å²) in [5, 5.41) is 10.4. The average molecular weight is 418 g/mol. The molecule has 3 unspecified atom stereocenters. The van der Waals surface area contributed by atoms with Crippen LogP contribution in [0.5, 0.6) is 0 Å². The van der Waals surface area contributed by atoms with Gasteiger partial charge < -0.3 is 19.3 Å². The molecule has 166 valence electrons. The van der Waals surface area contributed by atoms with E-state index < -0.39 is 17.4 Å². The van der Waals surface area contributed by atoms with Crippen molar-refractivity contribution in [3.8, 4) is 0 Å². The number of nitrogens with zero attached hydrogens (tertiary/aromatic N) is 1. The molecule has 1 aliphatic rings. The molecule has 0 heterocycles. The summed E-state index contributed by atoms with van der Waals surface area (Å²) in [5.41, 5.74) is 0.117. The smallest absolute Gasteiger partial charge is 0.312 e. The summed E-state index contributed by atoms with van der Waals surface area (Å²) in [4.78, 5) is 14.9. The fraction of sp³-hybridized carbons (Fsp3) is 0.542. The summed E-state index contributed by atoms with van der Waals surface area (Å²) in [6.45, 7) is 7.54. The normalized spacial score (nSPS) is 22.5. The Bertz CT molecular complexity index is 769. The monoisotopic (exact) mass is 417 g/mol. The standard InChI is InChI=1S/C24H35NO5/c1-7-13-18(17-14-11-10-12-15-17)24(25(8-2)9-3)19(23(26)27)16-20(28-4)21(29-5)22(24)30-6/h10-12,14-16,18-19H,7-9,13H2,1-6H3,(H,26,27). The minimum atomic E-state index is -0.963. The van der Waals surface area contributed by atoms with Gasteiger partial charge >= 0.3 is 5.97 Å². The van der Waals surface area contributed by atoms with E-state index in [2.05, 4.69) is 24.0 Å². The number of carbonyl (C=O) groups is 1. The molecular weight excluding hydrogens is 382 g/mol. The van der Waals surface area contributed by atoms with Crippen LogP contribution in [0.4, 0.5) is 0 Å². The molecule has 0 aliphatic heterocycles. The maximum absolute atomic E-state index is 12.7. The second kappa shape index (κ2) is 10.5. The number of hydrogen-bond donors (Lipinski definition) is 1. The third-order valence-corrected chi connectivity index (χ3v) is 6.08. The number of carboxylic acid groups (broad SMARTS) is 1. The van der Waals surface area contributed by atoms with Crippen molar-refractivity contribution in [1.82, 2.24) is 4.90 Å². The molecule has 1 aromatic rings. The largest absolute Gasteiger partial charge is 0.495 e. The van der Waals surface area contributed by atoms with Gasteiger partial charge in [-0.05, 0) is 31.1 Å². The first-order valence-electron chi connectivity index (χ1n) is 10.6. The molecule has 6 heteroatoms. The molecule has 0 aromatic heterocycles. The Morgan fingerprint density at radius 3 is 2.13 bits per heavy atom. The Morgan fingerprint density at radius 1 is 1.07 bits per heavy atom. The SMILES string of the molecule is CCCC(c1ccccc1)C1(N(CC)CC)C(OC)=C(OC)C(OC)=CC1C(=O)O. The van der Waals surface area contributed by atoms with Gasteiger partial charge in [0.1, 0.15) is 11.5 Å². The van der Waals surface area contributed by atoms with Crippen molar-refractivity contribution in [3.05, 3.63) is 59.2 Å². The van der Waals surface area contributed by atoms with Crippen LogP contribution in [0.25, 0.3) is 0 Å². The maximum atomic E-state index is 12.7. The van der Waals surface area contributed by atoms with Gasteiger partial charge in [-0.1, -0.05) is 57.5 Å². The van der Waals surface area contributed by atoms with E-state index in [4.69, 9.17) is 14.2 Å². The molecule has 0 amide bonds. The number of carboxylic acids is 1. The number of ether oxygens (including phenoxy) is 3. The van der Waals surface area contributed by atoms with E-state index in [0.717, 1.165) is 18.4 Å². The Morgan fingerprint density at radius 2 is 1.70 bits per heavy atom. The molecule has 1 N–H and O–H groups in total. The zero-order chi connectivity index (χ0) is 22.3. The van der Waals surface area contributed by atoms with Gasteiger partial charge in [0.25, 0.3) is 0 Å². The lowest BCUT2D eigenvalue weighted by atomic mass is 9.64. The zero-order valence-electron chi connectivity index (χ0n) is 19.0. The number of likely N-dealkylation sites (N-methyl/N-ethyl adjacent to an activating group) is 1. The summed E-state index contributed by atoms with van der Waals surface area (Å²) >= 11 is 0. The van der Waals surface area contributed by atoms with Gasteiger partial charge in [0.05, 0.1) is 21.3 Å². The molecule has 0 radical (unpaired) electrons. The Labute approximate surface area is 180 Å². The molecule has 6 nitrogen and oxygen atoms in total. The molecule has 0 saturated heterocycles. The van der Waals surface area contributed by atoms with Crippen LogP contribution in [0.3, 0.4) is 0 Å². The maximum Gasteiger partial charge on any atom is 0.312 e. The predicted molar refractivity (Wildman–Crippen MR) is 117 cm³/mol. The van der Waals surface area contributed by atoms with Crippen molar-refractivity contribution < 1.29 is 24.1 Å². The first kappa shape index (κ1) is 23.8. The Kier molecular flexibility index (Phi) is 8.35. The number of aliphatic carboxylic acids is 1. The van der Waals surface area contributed by atoms with Crippen LogP contribution in [0, 0.1) is 5.92 Å². The van der Waals surface area contributed by atoms with Gasteiger partial charge in [-0.3, -0.25) is 9.69 Å². The topological polar surface area (TPSA) is 68.2 Å². The van der Waals surface area contributed by atoms with Crippen molar-refractivity contribution in [3.63, 3.8) is 0 Å². The number of benzene rings is 1. The molecule has 0 saturated carbocycles. The second-order valence-electron chi connectivity index (χ2n) is 7.37. The van der Waals surface area contributed by atoms with E-state index in [1.807, 2.05) is 32.0 Å². The molecule has 0 spiro atoms. The van der Waals surface area contributed by atoms with E-state index in [0.29, 0.717) is 30.4 Å². The Hall–Kier alpha value is -2.47. The van der Waals surface area contributed by atoms with Crippen LogP contribution in [0.1, 0.15) is 45.1 Å². The molecule has 3 atom stereocenters. The van der Waals surface area contributed by atoms with E-state index in [1.165, 1.54) is 7.11 Å². The predicted octanol–water partition coefficient (Wildman–Crippen LogP) is 4.40. The van der Waals surface area contributed by atoms with Crippen LogP contribution in [-0.4, -0.2) is 55.9 Å². The highest BCUT2D eigenvalue weighted by Crippen LogP contribution is 2.52. The average Bonchev–Trinajstić information content (AvgIpc) is 2.77. The quantitative estimate of drug-likeness (QED) is 0.576. The third-order valence-electron chi connectivity index (χ3n) is 6.08. The van der Waals surface area contributed by atoms with Crippen molar-refractivity contribution in [2.24, 2.45) is 5.92 Å². The molecule has 2 rings (SSSR count). The number of hydrogen-bond acceptors (Lipinski definition) is 5. The summed E-state index contributed by atoms with van der Waals surface area (Å²) in [7, 11) is 4.66. The first-order valence-corrected chi connectivity index (χ1v) is 10.6. The molecule has 30 heavy (non-hydrogen) atoms. The van der Waals surface area contributed by atoms with Gasteiger partial charge in [0, 0.05) is 5.92 Å². The van der Waals surface area contributed by atoms with Crippen molar-refractivity contribution in [1.29, 1.82) is 0 Å². The lowest BCUT2D eigenvalue weighted by Gasteiger charge is -2.53. The molecule has 0 bridgehead atoms. The Balaban J connectivity index is 2.98. The summed E-state index contributed by atoms with van der Waals surface area (Å²) in [6.07, 6.45) is 3.37. The van der Waals surface area contributed by atoms with Gasteiger partial charge in [-0.2, -0.15) is 0 Å². The van der Waals surface area contributed by atoms with E-state index in [1.54, 1.807) is 20.3 Å². The van der Waals surface area contributed by atoms with Crippen LogP contribution in [-0.2, 0) is 19.0 Å².